The van der Waals surface area contributed by atoms with Gasteiger partial charge < -0.3 is 10.6 Å². The number of fused-ring (bicyclic) bond motifs is 4. The fraction of sp³-hybridized carbons (Fsp3) is 0.238. The third-order valence-corrected chi connectivity index (χ3v) is 4.47. The average Bonchev–Trinajstić information content (AvgIpc) is 2.62. The van der Waals surface area contributed by atoms with E-state index in [-0.39, 0.29) is 0 Å². The Morgan fingerprint density at radius 2 is 1.56 bits per heavy atom. The first kappa shape index (κ1) is 15.6. The summed E-state index contributed by atoms with van der Waals surface area (Å²) in [6, 6.07) is 14.5. The summed E-state index contributed by atoms with van der Waals surface area (Å²) in [5.41, 5.74) is 6.72. The monoisotopic (exact) mass is 332 g/mol. The minimum atomic E-state index is 0.798. The third kappa shape index (κ3) is 2.64. The van der Waals surface area contributed by atoms with E-state index in [1.807, 2.05) is 12.1 Å². The SMILES string of the molecule is CCNc1cc2[o+]c3cc(NCC)c4ccccc4c3nc2cc1C. The highest BCUT2D eigenvalue weighted by Crippen LogP contribution is 2.33. The molecule has 0 aliphatic rings. The van der Waals surface area contributed by atoms with Gasteiger partial charge in [0.1, 0.15) is 0 Å². The molecule has 3 aromatic carbocycles. The highest BCUT2D eigenvalue weighted by Gasteiger charge is 2.19. The minimum Gasteiger partial charge on any atom is -0.385 e. The molecule has 0 aliphatic carbocycles. The number of benzene rings is 3. The van der Waals surface area contributed by atoms with Crippen molar-refractivity contribution in [3.05, 3.63) is 48.0 Å². The van der Waals surface area contributed by atoms with Crippen LogP contribution in [0.3, 0.4) is 0 Å². The van der Waals surface area contributed by atoms with E-state index >= 15 is 0 Å². The second kappa shape index (κ2) is 6.20. The van der Waals surface area contributed by atoms with Crippen molar-refractivity contribution in [2.45, 2.75) is 20.8 Å². The van der Waals surface area contributed by atoms with Crippen molar-refractivity contribution in [1.29, 1.82) is 0 Å². The maximum atomic E-state index is 6.24. The van der Waals surface area contributed by atoms with E-state index in [1.165, 1.54) is 10.9 Å². The molecule has 0 fully saturated rings. The molecule has 4 nitrogen and oxygen atoms in total. The highest BCUT2D eigenvalue weighted by atomic mass is 16.3. The van der Waals surface area contributed by atoms with E-state index in [0.29, 0.717) is 0 Å². The van der Waals surface area contributed by atoms with E-state index < -0.39 is 0 Å². The van der Waals surface area contributed by atoms with E-state index in [2.05, 4.69) is 61.7 Å². The second-order valence-corrected chi connectivity index (χ2v) is 6.23. The molecule has 0 aliphatic heterocycles. The van der Waals surface area contributed by atoms with Gasteiger partial charge in [-0.2, -0.15) is 0 Å². The Morgan fingerprint density at radius 3 is 2.32 bits per heavy atom. The van der Waals surface area contributed by atoms with Gasteiger partial charge in [0.2, 0.25) is 0 Å². The van der Waals surface area contributed by atoms with Crippen LogP contribution in [0.2, 0.25) is 0 Å². The number of aryl methyl sites for hydroxylation is 1. The molecule has 0 amide bonds. The van der Waals surface area contributed by atoms with Crippen molar-refractivity contribution in [1.82, 2.24) is 4.98 Å². The van der Waals surface area contributed by atoms with Gasteiger partial charge in [0.25, 0.3) is 0 Å². The molecule has 4 aromatic rings. The van der Waals surface area contributed by atoms with Gasteiger partial charge >= 0.3 is 11.2 Å². The summed E-state index contributed by atoms with van der Waals surface area (Å²) < 4.78 is 6.24. The summed E-state index contributed by atoms with van der Waals surface area (Å²) in [5, 5.41) is 9.08. The fourth-order valence-electron chi connectivity index (χ4n) is 3.33. The van der Waals surface area contributed by atoms with Gasteiger partial charge in [-0.15, -0.1) is 0 Å². The summed E-state index contributed by atoms with van der Waals surface area (Å²) in [7, 11) is 0. The van der Waals surface area contributed by atoms with Crippen molar-refractivity contribution in [3.63, 3.8) is 0 Å². The first-order valence-corrected chi connectivity index (χ1v) is 8.79. The summed E-state index contributed by atoms with van der Waals surface area (Å²) >= 11 is 0. The first-order chi connectivity index (χ1) is 12.2. The van der Waals surface area contributed by atoms with Crippen molar-refractivity contribution in [2.75, 3.05) is 23.7 Å². The van der Waals surface area contributed by atoms with Crippen LogP contribution in [-0.4, -0.2) is 18.1 Å². The molecule has 126 valence electrons. The van der Waals surface area contributed by atoms with Crippen LogP contribution in [-0.2, 0) is 0 Å². The van der Waals surface area contributed by atoms with Gasteiger partial charge in [-0.25, -0.2) is 9.40 Å². The van der Waals surface area contributed by atoms with Crippen molar-refractivity contribution >= 4 is 44.3 Å². The van der Waals surface area contributed by atoms with E-state index in [4.69, 9.17) is 9.40 Å². The Hall–Kier alpha value is -2.88. The zero-order chi connectivity index (χ0) is 17.4. The summed E-state index contributed by atoms with van der Waals surface area (Å²) in [6.45, 7) is 8.02. The molecule has 25 heavy (non-hydrogen) atoms. The van der Waals surface area contributed by atoms with E-state index in [1.54, 1.807) is 0 Å². The molecule has 0 saturated carbocycles. The molecule has 0 bridgehead atoms. The molecular weight excluding hydrogens is 310 g/mol. The fourth-order valence-corrected chi connectivity index (χ4v) is 3.33. The standard InChI is InChI=1S/C21H22N3O/c1-4-22-16-11-19-18(10-13(16)3)24-21-15-9-7-6-8-14(15)17(23-5-2)12-20(21)25-19/h6-12,22-23H,4-5H2,1-3H3/q+1. The number of nitrogens with zero attached hydrogens (tertiary/aromatic N) is 1. The molecule has 1 heterocycles. The van der Waals surface area contributed by atoms with Crippen LogP contribution in [0.15, 0.2) is 46.9 Å². The Labute approximate surface area is 146 Å². The van der Waals surface area contributed by atoms with E-state index in [9.17, 15) is 0 Å². The quantitative estimate of drug-likeness (QED) is 0.291. The molecule has 0 saturated heterocycles. The molecule has 2 N–H and O–H groups in total. The zero-order valence-electron chi connectivity index (χ0n) is 14.8. The molecule has 4 heteroatoms. The van der Waals surface area contributed by atoms with Gasteiger partial charge in [0.15, 0.2) is 11.0 Å². The summed E-state index contributed by atoms with van der Waals surface area (Å²) in [4.78, 5) is 4.92. The lowest BCUT2D eigenvalue weighted by Gasteiger charge is -2.08. The maximum absolute atomic E-state index is 6.24. The Morgan fingerprint density at radius 1 is 0.880 bits per heavy atom. The lowest BCUT2D eigenvalue weighted by Crippen LogP contribution is -2.00. The number of nitrogens with one attached hydrogen (secondary N) is 2. The zero-order valence-corrected chi connectivity index (χ0v) is 14.8. The Bertz CT molecular complexity index is 1090. The Kier molecular flexibility index (Phi) is 3.88. The van der Waals surface area contributed by atoms with Crippen LogP contribution in [0, 0.1) is 6.92 Å². The van der Waals surface area contributed by atoms with Crippen LogP contribution in [0.4, 0.5) is 11.4 Å². The van der Waals surface area contributed by atoms with Crippen LogP contribution in [0.25, 0.3) is 33.0 Å². The molecule has 0 spiro atoms. The highest BCUT2D eigenvalue weighted by molar-refractivity contribution is 6.10. The average molecular weight is 332 g/mol. The molecule has 4 rings (SSSR count). The molecule has 0 unspecified atom stereocenters. The smallest absolute Gasteiger partial charge is 0.381 e. The lowest BCUT2D eigenvalue weighted by molar-refractivity contribution is 0.657. The third-order valence-electron chi connectivity index (χ3n) is 4.47. The Balaban J connectivity index is 2.06. The number of rotatable bonds is 4. The van der Waals surface area contributed by atoms with Gasteiger partial charge in [0, 0.05) is 29.5 Å². The van der Waals surface area contributed by atoms with Gasteiger partial charge in [-0.1, -0.05) is 24.3 Å². The van der Waals surface area contributed by atoms with Gasteiger partial charge in [-0.3, -0.25) is 0 Å². The minimum absolute atomic E-state index is 0.798. The van der Waals surface area contributed by atoms with Gasteiger partial charge in [-0.05, 0) is 32.4 Å². The van der Waals surface area contributed by atoms with Crippen molar-refractivity contribution < 1.29 is 4.42 Å². The molecule has 0 atom stereocenters. The summed E-state index contributed by atoms with van der Waals surface area (Å²) in [5.74, 6) is 0. The predicted octanol–water partition coefficient (Wildman–Crippen LogP) is 5.59. The lowest BCUT2D eigenvalue weighted by atomic mass is 10.1. The normalized spacial score (nSPS) is 11.3. The first-order valence-electron chi connectivity index (χ1n) is 8.79. The molecular formula is C21H22N3O+. The number of aromatic nitrogens is 1. The van der Waals surface area contributed by atoms with Crippen molar-refractivity contribution in [2.24, 2.45) is 0 Å². The summed E-state index contributed by atoms with van der Waals surface area (Å²) in [6.07, 6.45) is 0. The number of anilines is 2. The number of hydrogen-bond acceptors (Lipinski definition) is 3. The van der Waals surface area contributed by atoms with Gasteiger partial charge in [0.05, 0.1) is 17.8 Å². The largest absolute Gasteiger partial charge is 0.385 e. The number of hydrogen-bond donors (Lipinski definition) is 2. The maximum Gasteiger partial charge on any atom is 0.381 e. The van der Waals surface area contributed by atoms with E-state index in [0.717, 1.165) is 52.0 Å². The van der Waals surface area contributed by atoms with Crippen molar-refractivity contribution in [3.8, 4) is 0 Å². The predicted molar refractivity (Wildman–Crippen MR) is 106 cm³/mol. The van der Waals surface area contributed by atoms with Crippen LogP contribution >= 0.6 is 0 Å². The molecule has 1 aromatic heterocycles. The van der Waals surface area contributed by atoms with Crippen LogP contribution in [0.1, 0.15) is 19.4 Å². The van der Waals surface area contributed by atoms with Crippen LogP contribution in [0.5, 0.6) is 0 Å². The molecule has 0 radical (unpaired) electrons. The van der Waals surface area contributed by atoms with Crippen LogP contribution < -0.4 is 10.6 Å². The topological polar surface area (TPSA) is 48.2 Å². The second-order valence-electron chi connectivity index (χ2n) is 6.23.